The smallest absolute Gasteiger partial charge is 0.273 e. The first-order chi connectivity index (χ1) is 8.00. The molecular formula is C11H16BrN3O2. The summed E-state index contributed by atoms with van der Waals surface area (Å²) >= 11 is 3.32. The minimum atomic E-state index is -0.352. The summed E-state index contributed by atoms with van der Waals surface area (Å²) < 4.78 is 0.854. The van der Waals surface area contributed by atoms with Gasteiger partial charge in [0.25, 0.3) is 5.69 Å². The summed E-state index contributed by atoms with van der Waals surface area (Å²) in [5, 5.41) is 14.0. The molecule has 0 bridgehead atoms. The molecule has 1 aromatic rings. The summed E-state index contributed by atoms with van der Waals surface area (Å²) in [6.45, 7) is 2.21. The van der Waals surface area contributed by atoms with Gasteiger partial charge in [-0.05, 0) is 26.2 Å². The molecule has 1 N–H and O–H groups in total. The molecule has 0 aromatic heterocycles. The number of nitro groups is 1. The molecule has 0 saturated heterocycles. The number of likely N-dealkylation sites (N-methyl/N-ethyl adjacent to an activating group) is 1. The van der Waals surface area contributed by atoms with Crippen LogP contribution in [0.15, 0.2) is 22.7 Å². The van der Waals surface area contributed by atoms with Gasteiger partial charge in [0.15, 0.2) is 0 Å². The molecule has 0 atom stereocenters. The Morgan fingerprint density at radius 2 is 2.18 bits per heavy atom. The Balaban J connectivity index is 2.62. The van der Waals surface area contributed by atoms with Crippen LogP contribution >= 0.6 is 15.9 Å². The van der Waals surface area contributed by atoms with Crippen LogP contribution in [0.4, 0.5) is 5.69 Å². The Labute approximate surface area is 109 Å². The normalized spacial score (nSPS) is 10.8. The van der Waals surface area contributed by atoms with Crippen LogP contribution in [-0.4, -0.2) is 37.0 Å². The van der Waals surface area contributed by atoms with E-state index in [1.807, 2.05) is 14.1 Å². The second-order valence-electron chi connectivity index (χ2n) is 4.01. The molecule has 0 fully saturated rings. The number of nitrogens with zero attached hydrogens (tertiary/aromatic N) is 2. The molecule has 5 nitrogen and oxygen atoms in total. The maximum absolute atomic E-state index is 10.8. The van der Waals surface area contributed by atoms with Crippen molar-refractivity contribution in [3.63, 3.8) is 0 Å². The Morgan fingerprint density at radius 1 is 1.47 bits per heavy atom. The fourth-order valence-corrected chi connectivity index (χ4v) is 1.81. The number of rotatable bonds is 6. The zero-order valence-corrected chi connectivity index (χ0v) is 11.5. The van der Waals surface area contributed by atoms with Crippen LogP contribution in [0, 0.1) is 10.1 Å². The topological polar surface area (TPSA) is 58.4 Å². The zero-order chi connectivity index (χ0) is 12.8. The summed E-state index contributed by atoms with van der Waals surface area (Å²) in [5.74, 6) is 0. The van der Waals surface area contributed by atoms with Crippen LogP contribution in [0.25, 0.3) is 0 Å². The third kappa shape index (κ3) is 4.80. The molecular weight excluding hydrogens is 286 g/mol. The summed E-state index contributed by atoms with van der Waals surface area (Å²) in [6.07, 6.45) is 0. The van der Waals surface area contributed by atoms with E-state index in [2.05, 4.69) is 26.1 Å². The van der Waals surface area contributed by atoms with Gasteiger partial charge in [-0.3, -0.25) is 10.1 Å². The first-order valence-electron chi connectivity index (χ1n) is 5.29. The number of nitrogens with one attached hydrogen (secondary N) is 1. The number of hydrogen-bond acceptors (Lipinski definition) is 4. The number of nitro benzene ring substituents is 1. The van der Waals surface area contributed by atoms with Crippen molar-refractivity contribution in [3.8, 4) is 0 Å². The highest BCUT2D eigenvalue weighted by atomic mass is 79.9. The maximum atomic E-state index is 10.8. The highest BCUT2D eigenvalue weighted by molar-refractivity contribution is 9.10. The molecule has 1 aromatic carbocycles. The summed E-state index contributed by atoms with van der Waals surface area (Å²) in [4.78, 5) is 12.5. The fourth-order valence-electron chi connectivity index (χ4n) is 1.40. The van der Waals surface area contributed by atoms with Crippen LogP contribution in [0.2, 0.25) is 0 Å². The second-order valence-corrected chi connectivity index (χ2v) is 4.93. The summed E-state index contributed by atoms with van der Waals surface area (Å²) in [7, 11) is 3.98. The molecule has 6 heteroatoms. The van der Waals surface area contributed by atoms with E-state index in [4.69, 9.17) is 0 Å². The molecule has 94 valence electrons. The molecule has 0 spiro atoms. The van der Waals surface area contributed by atoms with Crippen LogP contribution in [0.5, 0.6) is 0 Å². The summed E-state index contributed by atoms with van der Waals surface area (Å²) in [6, 6.07) is 4.98. The maximum Gasteiger partial charge on any atom is 0.273 e. The van der Waals surface area contributed by atoms with Crippen LogP contribution < -0.4 is 5.32 Å². The third-order valence-electron chi connectivity index (χ3n) is 2.29. The van der Waals surface area contributed by atoms with Gasteiger partial charge in [-0.15, -0.1) is 0 Å². The van der Waals surface area contributed by atoms with Gasteiger partial charge in [-0.2, -0.15) is 0 Å². The standard InChI is InChI=1S/C11H16BrN3O2/c1-14(2)6-5-13-8-9-7-10(12)3-4-11(9)15(16)17/h3-4,7,13H,5-6,8H2,1-2H3. The van der Waals surface area contributed by atoms with Crippen molar-refractivity contribution in [1.29, 1.82) is 0 Å². The minimum absolute atomic E-state index is 0.158. The van der Waals surface area contributed by atoms with Crippen molar-refractivity contribution in [2.75, 3.05) is 27.2 Å². The zero-order valence-electron chi connectivity index (χ0n) is 9.94. The van der Waals surface area contributed by atoms with Crippen molar-refractivity contribution in [2.45, 2.75) is 6.54 Å². The first-order valence-corrected chi connectivity index (χ1v) is 6.08. The van der Waals surface area contributed by atoms with Crippen molar-refractivity contribution < 1.29 is 4.92 Å². The SMILES string of the molecule is CN(C)CCNCc1cc(Br)ccc1[N+](=O)[O-]. The molecule has 0 aliphatic heterocycles. The molecule has 0 saturated carbocycles. The Morgan fingerprint density at radius 3 is 2.76 bits per heavy atom. The average Bonchev–Trinajstić information content (AvgIpc) is 2.23. The van der Waals surface area contributed by atoms with Crippen LogP contribution in [0.1, 0.15) is 5.56 Å². The van der Waals surface area contributed by atoms with Gasteiger partial charge >= 0.3 is 0 Å². The van der Waals surface area contributed by atoms with E-state index >= 15 is 0 Å². The van der Waals surface area contributed by atoms with E-state index in [0.717, 1.165) is 17.6 Å². The van der Waals surface area contributed by atoms with Crippen molar-refractivity contribution in [2.24, 2.45) is 0 Å². The van der Waals surface area contributed by atoms with Gasteiger partial charge in [-0.25, -0.2) is 0 Å². The van der Waals surface area contributed by atoms with Gasteiger partial charge in [0, 0.05) is 35.7 Å². The largest absolute Gasteiger partial charge is 0.311 e. The highest BCUT2D eigenvalue weighted by Gasteiger charge is 2.12. The molecule has 0 unspecified atom stereocenters. The Kier molecular flexibility index (Phi) is 5.54. The van der Waals surface area contributed by atoms with Gasteiger partial charge in [-0.1, -0.05) is 15.9 Å². The average molecular weight is 302 g/mol. The van der Waals surface area contributed by atoms with Crippen molar-refractivity contribution in [3.05, 3.63) is 38.3 Å². The Hall–Kier alpha value is -0.980. The first kappa shape index (κ1) is 14.1. The van der Waals surface area contributed by atoms with E-state index in [0.29, 0.717) is 12.1 Å². The third-order valence-corrected chi connectivity index (χ3v) is 2.78. The van der Waals surface area contributed by atoms with E-state index in [1.165, 1.54) is 6.07 Å². The second kappa shape index (κ2) is 6.68. The molecule has 0 aliphatic rings. The van der Waals surface area contributed by atoms with Gasteiger partial charge in [0.2, 0.25) is 0 Å². The lowest BCUT2D eigenvalue weighted by atomic mass is 10.2. The monoisotopic (exact) mass is 301 g/mol. The van der Waals surface area contributed by atoms with Crippen LogP contribution in [-0.2, 0) is 6.54 Å². The van der Waals surface area contributed by atoms with E-state index in [9.17, 15) is 10.1 Å². The lowest BCUT2D eigenvalue weighted by Crippen LogP contribution is -2.26. The van der Waals surface area contributed by atoms with Crippen molar-refractivity contribution in [1.82, 2.24) is 10.2 Å². The van der Waals surface area contributed by atoms with E-state index in [-0.39, 0.29) is 10.6 Å². The fraction of sp³-hybridized carbons (Fsp3) is 0.455. The molecule has 0 amide bonds. The quantitative estimate of drug-likeness (QED) is 0.496. The number of hydrogen-bond donors (Lipinski definition) is 1. The predicted octanol–water partition coefficient (Wildman–Crippen LogP) is 2.01. The summed E-state index contributed by atoms with van der Waals surface area (Å²) in [5.41, 5.74) is 0.855. The van der Waals surface area contributed by atoms with Crippen LogP contribution in [0.3, 0.4) is 0 Å². The molecule has 0 aliphatic carbocycles. The lowest BCUT2D eigenvalue weighted by molar-refractivity contribution is -0.385. The molecule has 0 heterocycles. The molecule has 1 rings (SSSR count). The van der Waals surface area contributed by atoms with E-state index < -0.39 is 0 Å². The number of halogens is 1. The highest BCUT2D eigenvalue weighted by Crippen LogP contribution is 2.22. The predicted molar refractivity (Wildman–Crippen MR) is 71.1 cm³/mol. The Bertz CT molecular complexity index is 396. The molecule has 17 heavy (non-hydrogen) atoms. The molecule has 0 radical (unpaired) electrons. The minimum Gasteiger partial charge on any atom is -0.311 e. The van der Waals surface area contributed by atoms with E-state index in [1.54, 1.807) is 12.1 Å². The lowest BCUT2D eigenvalue weighted by Gasteiger charge is -2.10. The van der Waals surface area contributed by atoms with Gasteiger partial charge in [0.1, 0.15) is 0 Å². The van der Waals surface area contributed by atoms with Gasteiger partial charge < -0.3 is 10.2 Å². The van der Waals surface area contributed by atoms with Crippen molar-refractivity contribution >= 4 is 21.6 Å². The van der Waals surface area contributed by atoms with Gasteiger partial charge in [0.05, 0.1) is 4.92 Å². The number of benzene rings is 1.